The Morgan fingerprint density at radius 2 is 2.12 bits per heavy atom. The Bertz CT molecular complexity index is 547. The molecule has 1 aromatic carbocycles. The van der Waals surface area contributed by atoms with Gasteiger partial charge in [0.05, 0.1) is 6.61 Å². The molecule has 0 radical (unpaired) electrons. The van der Waals surface area contributed by atoms with Gasteiger partial charge in [0.2, 0.25) is 0 Å². The van der Waals surface area contributed by atoms with Gasteiger partial charge >= 0.3 is 0 Å². The number of guanidine groups is 1. The zero-order valence-electron chi connectivity index (χ0n) is 16.7. The van der Waals surface area contributed by atoms with Gasteiger partial charge in [-0.15, -0.1) is 0 Å². The zero-order chi connectivity index (χ0) is 18.8. The fourth-order valence-electron chi connectivity index (χ4n) is 2.95. The highest BCUT2D eigenvalue weighted by molar-refractivity contribution is 8.00. The Labute approximate surface area is 163 Å². The maximum absolute atomic E-state index is 5.80. The van der Waals surface area contributed by atoms with E-state index < -0.39 is 0 Å². The first-order chi connectivity index (χ1) is 12.6. The monoisotopic (exact) mass is 378 g/mol. The van der Waals surface area contributed by atoms with Crippen LogP contribution >= 0.6 is 11.8 Å². The highest BCUT2D eigenvalue weighted by Crippen LogP contribution is 2.21. The van der Waals surface area contributed by atoms with Gasteiger partial charge in [-0.2, -0.15) is 11.8 Å². The van der Waals surface area contributed by atoms with Crippen molar-refractivity contribution < 1.29 is 4.74 Å². The molecule has 1 aliphatic heterocycles. The summed E-state index contributed by atoms with van der Waals surface area (Å²) in [7, 11) is 6.04. The summed E-state index contributed by atoms with van der Waals surface area (Å²) in [6, 6.07) is 8.37. The maximum atomic E-state index is 5.80. The summed E-state index contributed by atoms with van der Waals surface area (Å²) in [4.78, 5) is 9.03. The maximum Gasteiger partial charge on any atom is 0.193 e. The van der Waals surface area contributed by atoms with Crippen LogP contribution in [0.3, 0.4) is 0 Å². The van der Waals surface area contributed by atoms with E-state index in [2.05, 4.69) is 77.2 Å². The lowest BCUT2D eigenvalue weighted by Gasteiger charge is -2.34. The molecule has 1 atom stereocenters. The lowest BCUT2D eigenvalue weighted by atomic mass is 10.2. The second-order valence-corrected chi connectivity index (χ2v) is 8.31. The third-order valence-electron chi connectivity index (χ3n) is 4.50. The predicted molar refractivity (Wildman–Crippen MR) is 113 cm³/mol. The molecule has 0 saturated carbocycles. The highest BCUT2D eigenvalue weighted by atomic mass is 32.2. The Morgan fingerprint density at radius 3 is 2.77 bits per heavy atom. The average molecular weight is 379 g/mol. The van der Waals surface area contributed by atoms with Gasteiger partial charge < -0.3 is 19.9 Å². The van der Waals surface area contributed by atoms with Crippen molar-refractivity contribution in [1.82, 2.24) is 15.1 Å². The van der Waals surface area contributed by atoms with Crippen LogP contribution in [0.2, 0.25) is 0 Å². The minimum Gasteiger partial charge on any atom is -0.494 e. The molecule has 1 unspecified atom stereocenters. The highest BCUT2D eigenvalue weighted by Gasteiger charge is 2.21. The Balaban J connectivity index is 1.77. The molecule has 1 aliphatic rings. The fourth-order valence-corrected chi connectivity index (χ4v) is 4.13. The van der Waals surface area contributed by atoms with E-state index in [4.69, 9.17) is 4.74 Å². The van der Waals surface area contributed by atoms with Crippen molar-refractivity contribution in [3.05, 3.63) is 29.8 Å². The molecule has 146 valence electrons. The van der Waals surface area contributed by atoms with E-state index in [0.29, 0.717) is 5.25 Å². The van der Waals surface area contributed by atoms with E-state index in [1.54, 1.807) is 0 Å². The van der Waals surface area contributed by atoms with Gasteiger partial charge in [-0.3, -0.25) is 4.99 Å². The molecule has 1 fully saturated rings. The number of aliphatic imine (C=N–C) groups is 1. The normalized spacial score (nSPS) is 18.3. The smallest absolute Gasteiger partial charge is 0.193 e. The van der Waals surface area contributed by atoms with Gasteiger partial charge in [0.1, 0.15) is 5.75 Å². The quantitative estimate of drug-likeness (QED) is 0.428. The van der Waals surface area contributed by atoms with E-state index in [1.165, 1.54) is 17.7 Å². The van der Waals surface area contributed by atoms with E-state index in [-0.39, 0.29) is 0 Å². The van der Waals surface area contributed by atoms with E-state index in [1.807, 2.05) is 7.05 Å². The second kappa shape index (κ2) is 11.3. The van der Waals surface area contributed by atoms with Crippen molar-refractivity contribution in [2.45, 2.75) is 31.6 Å². The van der Waals surface area contributed by atoms with Crippen molar-refractivity contribution in [1.29, 1.82) is 0 Å². The largest absolute Gasteiger partial charge is 0.494 e. The van der Waals surface area contributed by atoms with Gasteiger partial charge in [-0.25, -0.2) is 0 Å². The summed E-state index contributed by atoms with van der Waals surface area (Å²) in [5.41, 5.74) is 1.24. The molecule has 0 aliphatic carbocycles. The number of thioether (sulfide) groups is 1. The number of ether oxygens (including phenoxy) is 1. The van der Waals surface area contributed by atoms with Crippen LogP contribution in [0.25, 0.3) is 0 Å². The molecular weight excluding hydrogens is 344 g/mol. The zero-order valence-corrected chi connectivity index (χ0v) is 17.5. The van der Waals surface area contributed by atoms with Crippen molar-refractivity contribution in [2.75, 3.05) is 53.1 Å². The van der Waals surface area contributed by atoms with Crippen LogP contribution in [0.1, 0.15) is 25.3 Å². The lowest BCUT2D eigenvalue weighted by molar-refractivity contribution is 0.281. The van der Waals surface area contributed by atoms with Gasteiger partial charge in [-0.05, 0) is 44.6 Å². The average Bonchev–Trinajstić information content (AvgIpc) is 2.67. The minimum absolute atomic E-state index is 0.714. The SMILES string of the molecule is CCC1CN(C(=NC)NCc2ccc(OCCCN(C)C)cc2)CCS1. The van der Waals surface area contributed by atoms with Crippen molar-refractivity contribution >= 4 is 17.7 Å². The van der Waals surface area contributed by atoms with Crippen LogP contribution in [0.15, 0.2) is 29.3 Å². The topological polar surface area (TPSA) is 40.1 Å². The van der Waals surface area contributed by atoms with Crippen molar-refractivity contribution in [3.63, 3.8) is 0 Å². The molecule has 1 N–H and O–H groups in total. The minimum atomic E-state index is 0.714. The second-order valence-electron chi connectivity index (χ2n) is 6.90. The number of hydrogen-bond donors (Lipinski definition) is 1. The summed E-state index contributed by atoms with van der Waals surface area (Å²) in [5, 5.41) is 4.22. The standard InChI is InChI=1S/C20H34N4OS/c1-5-19-16-24(12-14-26-19)20(21-2)22-15-17-7-9-18(10-8-17)25-13-6-11-23(3)4/h7-10,19H,5-6,11-16H2,1-4H3,(H,21,22). The molecule has 1 aromatic rings. The van der Waals surface area contributed by atoms with Gasteiger partial charge in [0.25, 0.3) is 0 Å². The molecule has 0 aromatic heterocycles. The molecule has 0 spiro atoms. The molecule has 1 saturated heterocycles. The molecule has 0 amide bonds. The first-order valence-corrected chi connectivity index (χ1v) is 10.6. The summed E-state index contributed by atoms with van der Waals surface area (Å²) in [5.74, 6) is 3.13. The Hall–Kier alpha value is -1.40. The van der Waals surface area contributed by atoms with E-state index in [9.17, 15) is 0 Å². The predicted octanol–water partition coefficient (Wildman–Crippen LogP) is 2.92. The number of benzene rings is 1. The van der Waals surface area contributed by atoms with Gasteiger partial charge in [-0.1, -0.05) is 19.1 Å². The summed E-state index contributed by atoms with van der Waals surface area (Å²) < 4.78 is 5.80. The molecular formula is C20H34N4OS. The first-order valence-electron chi connectivity index (χ1n) is 9.56. The molecule has 6 heteroatoms. The fraction of sp³-hybridized carbons (Fsp3) is 0.650. The molecule has 26 heavy (non-hydrogen) atoms. The van der Waals surface area contributed by atoms with Crippen LogP contribution in [0.5, 0.6) is 5.75 Å². The summed E-state index contributed by atoms with van der Waals surface area (Å²) in [6.45, 7) is 7.01. The lowest BCUT2D eigenvalue weighted by Crippen LogP contribution is -2.47. The molecule has 1 heterocycles. The molecule has 2 rings (SSSR count). The van der Waals surface area contributed by atoms with E-state index >= 15 is 0 Å². The Morgan fingerprint density at radius 1 is 1.35 bits per heavy atom. The number of rotatable bonds is 8. The van der Waals surface area contributed by atoms with Gasteiger partial charge in [0, 0.05) is 44.2 Å². The van der Waals surface area contributed by atoms with Crippen LogP contribution in [-0.4, -0.2) is 74.1 Å². The van der Waals surface area contributed by atoms with Crippen molar-refractivity contribution in [2.24, 2.45) is 4.99 Å². The van der Waals surface area contributed by atoms with Gasteiger partial charge in [0.15, 0.2) is 5.96 Å². The van der Waals surface area contributed by atoms with E-state index in [0.717, 1.165) is 50.9 Å². The van der Waals surface area contributed by atoms with Crippen LogP contribution < -0.4 is 10.1 Å². The van der Waals surface area contributed by atoms with Crippen LogP contribution in [0.4, 0.5) is 0 Å². The third-order valence-corrected chi connectivity index (χ3v) is 5.87. The number of hydrogen-bond acceptors (Lipinski definition) is 4. The summed E-state index contributed by atoms with van der Waals surface area (Å²) in [6.07, 6.45) is 2.26. The van der Waals surface area contributed by atoms with Crippen molar-refractivity contribution in [3.8, 4) is 5.75 Å². The number of nitrogens with zero attached hydrogens (tertiary/aromatic N) is 3. The summed E-state index contributed by atoms with van der Waals surface area (Å²) >= 11 is 2.08. The third kappa shape index (κ3) is 7.08. The molecule has 5 nitrogen and oxygen atoms in total. The van der Waals surface area contributed by atoms with Crippen LogP contribution in [0, 0.1) is 0 Å². The number of nitrogens with one attached hydrogen (secondary N) is 1. The molecule has 0 bridgehead atoms. The Kier molecular flexibility index (Phi) is 9.12. The first kappa shape index (κ1) is 20.9. The van der Waals surface area contributed by atoms with Crippen LogP contribution in [-0.2, 0) is 6.54 Å².